The Bertz CT molecular complexity index is 2160. The fourth-order valence-corrected chi connectivity index (χ4v) is 5.73. The normalized spacial score (nSPS) is 15.4. The Hall–Kier alpha value is -6.40. The number of anilines is 2. The van der Waals surface area contributed by atoms with Crippen LogP contribution >= 0.6 is 0 Å². The van der Waals surface area contributed by atoms with Crippen LogP contribution in [0.3, 0.4) is 0 Å². The van der Waals surface area contributed by atoms with Crippen LogP contribution in [0.2, 0.25) is 0 Å². The van der Waals surface area contributed by atoms with Gasteiger partial charge in [0.05, 0.1) is 0 Å². The highest BCUT2D eigenvalue weighted by molar-refractivity contribution is 6.21. The molecular weight excluding hydrogens is 688 g/mol. The van der Waals surface area contributed by atoms with E-state index in [9.17, 15) is 36.7 Å². The first-order valence-electron chi connectivity index (χ1n) is 16.6. The monoisotopic (exact) mass is 722 g/mol. The van der Waals surface area contributed by atoms with Crippen LogP contribution in [0.4, 0.5) is 38.5 Å². The van der Waals surface area contributed by atoms with Crippen molar-refractivity contribution in [2.45, 2.75) is 52.7 Å². The summed E-state index contributed by atoms with van der Waals surface area (Å²) in [5.74, 6) is 5.64. The van der Waals surface area contributed by atoms with E-state index in [0.717, 1.165) is 24.3 Å². The van der Waals surface area contributed by atoms with E-state index in [1.165, 1.54) is 16.7 Å². The van der Waals surface area contributed by atoms with Crippen LogP contribution in [-0.2, 0) is 9.59 Å². The minimum absolute atomic E-state index is 0.116. The van der Waals surface area contributed by atoms with Crippen molar-refractivity contribution < 1.29 is 36.7 Å². The molecule has 1 unspecified atom stereocenters. The molecule has 0 radical (unpaired) electrons. The second-order valence-electron chi connectivity index (χ2n) is 12.7. The second-order valence-corrected chi connectivity index (χ2v) is 12.7. The maximum absolute atomic E-state index is 14.6. The van der Waals surface area contributed by atoms with Crippen molar-refractivity contribution in [2.24, 2.45) is 0 Å². The molecule has 0 bridgehead atoms. The number of carbonyl (C=O) groups excluding carboxylic acids is 4. The van der Waals surface area contributed by atoms with E-state index in [4.69, 9.17) is 0 Å². The Kier molecular flexibility index (Phi) is 11.3. The van der Waals surface area contributed by atoms with E-state index in [1.807, 2.05) is 12.1 Å². The van der Waals surface area contributed by atoms with E-state index in [-0.39, 0.29) is 29.8 Å². The smallest absolute Gasteiger partial charge is 0.312 e. The Labute approximate surface area is 304 Å². The van der Waals surface area contributed by atoms with Crippen molar-refractivity contribution >= 4 is 35.3 Å². The Morgan fingerprint density at radius 1 is 0.566 bits per heavy atom. The van der Waals surface area contributed by atoms with Crippen LogP contribution in [0.1, 0.15) is 56.9 Å². The third-order valence-electron chi connectivity index (χ3n) is 8.31. The number of benzene rings is 4. The molecule has 0 spiro atoms. The van der Waals surface area contributed by atoms with Gasteiger partial charge in [0.25, 0.3) is 11.8 Å². The number of urea groups is 2. The Morgan fingerprint density at radius 2 is 0.962 bits per heavy atom. The molecule has 0 N–H and O–H groups in total. The molecule has 6 rings (SSSR count). The molecule has 12 heteroatoms. The summed E-state index contributed by atoms with van der Waals surface area (Å²) in [6, 6.07) is 19.3. The molecule has 6 amide bonds. The lowest BCUT2D eigenvalue weighted by atomic mass is 10.1. The summed E-state index contributed by atoms with van der Waals surface area (Å²) in [5.41, 5.74) is 0.320. The number of halogens is 4. The van der Waals surface area contributed by atoms with Gasteiger partial charge < -0.3 is 9.80 Å². The molecule has 4 aromatic rings. The number of hydrogen-bond donors (Lipinski definition) is 0. The highest BCUT2D eigenvalue weighted by Gasteiger charge is 2.46. The summed E-state index contributed by atoms with van der Waals surface area (Å²) in [5, 5.41) is 0. The third kappa shape index (κ3) is 8.08. The molecule has 0 aromatic heterocycles. The lowest BCUT2D eigenvalue weighted by molar-refractivity contribution is -0.119. The molecule has 2 fully saturated rings. The molecule has 2 heterocycles. The maximum atomic E-state index is 14.6. The van der Waals surface area contributed by atoms with Crippen LogP contribution in [0, 0.1) is 47.0 Å². The van der Waals surface area contributed by atoms with Crippen molar-refractivity contribution in [1.82, 2.24) is 9.80 Å². The van der Waals surface area contributed by atoms with Gasteiger partial charge in [0.1, 0.15) is 24.0 Å². The molecular formula is C41H34F4N4O4. The van der Waals surface area contributed by atoms with E-state index in [2.05, 4.69) is 23.7 Å². The highest BCUT2D eigenvalue weighted by atomic mass is 19.1. The summed E-state index contributed by atoms with van der Waals surface area (Å²) in [6.45, 7) is 8.26. The van der Waals surface area contributed by atoms with Gasteiger partial charge in [-0.15, -0.1) is 0 Å². The number of carbonyl (C=O) groups is 4. The molecule has 2 aliphatic rings. The predicted molar refractivity (Wildman–Crippen MR) is 192 cm³/mol. The largest absolute Gasteiger partial charge is 0.332 e. The third-order valence-corrected chi connectivity index (χ3v) is 8.31. The number of nitrogens with zero attached hydrogens (tertiary/aromatic N) is 4. The van der Waals surface area contributed by atoms with Gasteiger partial charge in [0.15, 0.2) is 23.3 Å². The summed E-state index contributed by atoms with van der Waals surface area (Å²) in [4.78, 5) is 53.1. The fourth-order valence-electron chi connectivity index (χ4n) is 5.73. The van der Waals surface area contributed by atoms with Gasteiger partial charge in [0.2, 0.25) is 0 Å². The molecule has 4 aromatic carbocycles. The van der Waals surface area contributed by atoms with Crippen molar-refractivity contribution in [2.75, 3.05) is 16.3 Å². The summed E-state index contributed by atoms with van der Waals surface area (Å²) >= 11 is 0. The van der Waals surface area contributed by atoms with Crippen molar-refractivity contribution in [3.63, 3.8) is 0 Å². The van der Waals surface area contributed by atoms with E-state index in [0.29, 0.717) is 20.9 Å². The topological polar surface area (TPSA) is 81.2 Å². The van der Waals surface area contributed by atoms with Gasteiger partial charge in [-0.25, -0.2) is 37.0 Å². The van der Waals surface area contributed by atoms with Crippen LogP contribution in [0.25, 0.3) is 0 Å². The molecule has 0 aliphatic carbocycles. The van der Waals surface area contributed by atoms with Crippen molar-refractivity contribution in [3.05, 3.63) is 130 Å². The lowest BCUT2D eigenvalue weighted by Gasteiger charge is -2.23. The lowest BCUT2D eigenvalue weighted by Crippen LogP contribution is -2.39. The number of rotatable bonds is 4. The zero-order chi connectivity index (χ0) is 38.6. The van der Waals surface area contributed by atoms with E-state index < -0.39 is 64.6 Å². The summed E-state index contributed by atoms with van der Waals surface area (Å²) in [6.07, 6.45) is 0. The average molecular weight is 723 g/mol. The first kappa shape index (κ1) is 37.8. The van der Waals surface area contributed by atoms with Gasteiger partial charge >= 0.3 is 12.1 Å². The molecule has 53 heavy (non-hydrogen) atoms. The minimum atomic E-state index is -1.01. The van der Waals surface area contributed by atoms with Gasteiger partial charge in [-0.2, -0.15) is 0 Å². The van der Waals surface area contributed by atoms with E-state index in [1.54, 1.807) is 76.2 Å². The Balaban J connectivity index is 0.000000204. The van der Waals surface area contributed by atoms with Gasteiger partial charge in [0, 0.05) is 34.3 Å². The minimum Gasteiger partial charge on any atom is -0.312 e. The molecule has 1 atom stereocenters. The number of amides is 6. The summed E-state index contributed by atoms with van der Waals surface area (Å²) < 4.78 is 58.2. The standard InChI is InChI=1S/C21H18F2N2O2.C20H16F2N2O2/c1-13(2)24-14(3)20(26)25(21(24)27)19-17(22)11-16(12-18(19)23)10-9-15-7-5-4-6-8-15;1-13(2)23-12-18(25)24(20(23)26)19-16(21)10-15(11-17(19)22)9-8-14-6-4-3-5-7-14/h4-8,11-14H,1-3H3;3-7,10-11,13H,12H2,1-2H3. The highest BCUT2D eigenvalue weighted by Crippen LogP contribution is 2.32. The van der Waals surface area contributed by atoms with Crippen molar-refractivity contribution in [3.8, 4) is 23.7 Å². The zero-order valence-corrected chi connectivity index (χ0v) is 29.5. The van der Waals surface area contributed by atoms with Crippen molar-refractivity contribution in [1.29, 1.82) is 0 Å². The molecule has 2 aliphatic heterocycles. The van der Waals surface area contributed by atoms with E-state index >= 15 is 0 Å². The Morgan fingerprint density at radius 3 is 1.32 bits per heavy atom. The molecule has 270 valence electrons. The average Bonchev–Trinajstić information content (AvgIpc) is 3.53. The zero-order valence-electron chi connectivity index (χ0n) is 29.5. The first-order chi connectivity index (χ1) is 25.2. The predicted octanol–water partition coefficient (Wildman–Crippen LogP) is 7.47. The van der Waals surface area contributed by atoms with Gasteiger partial charge in [-0.3, -0.25) is 9.59 Å². The van der Waals surface area contributed by atoms with Gasteiger partial charge in [-0.1, -0.05) is 60.1 Å². The summed E-state index contributed by atoms with van der Waals surface area (Å²) in [7, 11) is 0. The maximum Gasteiger partial charge on any atom is 0.332 e. The second kappa shape index (κ2) is 15.9. The van der Waals surface area contributed by atoms with Crippen LogP contribution in [-0.4, -0.2) is 58.3 Å². The molecule has 8 nitrogen and oxygen atoms in total. The quantitative estimate of drug-likeness (QED) is 0.124. The van der Waals surface area contributed by atoms with Crippen LogP contribution < -0.4 is 9.80 Å². The molecule has 0 saturated carbocycles. The first-order valence-corrected chi connectivity index (χ1v) is 16.6. The van der Waals surface area contributed by atoms with Crippen LogP contribution in [0.5, 0.6) is 0 Å². The SMILES string of the molecule is CC(C)N1C(=O)N(c2c(F)cc(C#Cc3ccccc3)cc2F)C(=O)C1C.CC(C)N1CC(=O)N(c2c(F)cc(C#Cc3ccccc3)cc2F)C1=O. The van der Waals surface area contributed by atoms with Crippen LogP contribution in [0.15, 0.2) is 84.9 Å². The number of imide groups is 2. The molecule has 2 saturated heterocycles. The fraction of sp³-hybridized carbons (Fsp3) is 0.220. The number of hydrogen-bond acceptors (Lipinski definition) is 4. The van der Waals surface area contributed by atoms with Gasteiger partial charge in [-0.05, 0) is 83.1 Å².